The predicted octanol–water partition coefficient (Wildman–Crippen LogP) is 9.89. The molecule has 56 heavy (non-hydrogen) atoms. The van der Waals surface area contributed by atoms with Crippen molar-refractivity contribution in [2.45, 2.75) is 256 Å². The SMILES string of the molecule is CCCCCCCCCCCCCCCC/C=C/CC/C=C/C(O)C(COC1OC(CO)C(O)C(O)C1O)NC(=O)CCCCCCCCCCCCCCC. The molecule has 330 valence electrons. The molecule has 1 aliphatic rings. The largest absolute Gasteiger partial charge is 0.394 e. The monoisotopic (exact) mass is 796 g/mol. The van der Waals surface area contributed by atoms with Crippen molar-refractivity contribution in [1.29, 1.82) is 0 Å². The topological polar surface area (TPSA) is 149 Å². The highest BCUT2D eigenvalue weighted by Gasteiger charge is 2.44. The number of rotatable bonds is 39. The molecule has 0 saturated carbocycles. The molecule has 0 bridgehead atoms. The molecule has 0 aromatic rings. The fraction of sp³-hybridized carbons (Fsp3) is 0.894. The Bertz CT molecular complexity index is 930. The van der Waals surface area contributed by atoms with Crippen LogP contribution < -0.4 is 5.32 Å². The second-order valence-electron chi connectivity index (χ2n) is 16.5. The van der Waals surface area contributed by atoms with Crippen molar-refractivity contribution in [2.24, 2.45) is 0 Å². The van der Waals surface area contributed by atoms with E-state index in [0.717, 1.165) is 38.5 Å². The number of carbonyl (C=O) groups is 1. The molecule has 9 nitrogen and oxygen atoms in total. The van der Waals surface area contributed by atoms with Crippen molar-refractivity contribution in [3.05, 3.63) is 24.3 Å². The summed E-state index contributed by atoms with van der Waals surface area (Å²) >= 11 is 0. The van der Waals surface area contributed by atoms with E-state index in [4.69, 9.17) is 9.47 Å². The molecule has 1 aliphatic heterocycles. The summed E-state index contributed by atoms with van der Waals surface area (Å²) in [6, 6.07) is -0.816. The highest BCUT2D eigenvalue weighted by molar-refractivity contribution is 5.76. The van der Waals surface area contributed by atoms with Crippen LogP contribution in [0.25, 0.3) is 0 Å². The first kappa shape index (κ1) is 52.7. The van der Waals surface area contributed by atoms with E-state index >= 15 is 0 Å². The zero-order chi connectivity index (χ0) is 40.9. The van der Waals surface area contributed by atoms with E-state index in [1.54, 1.807) is 6.08 Å². The van der Waals surface area contributed by atoms with Gasteiger partial charge in [0.2, 0.25) is 5.91 Å². The van der Waals surface area contributed by atoms with E-state index < -0.39 is 49.5 Å². The lowest BCUT2D eigenvalue weighted by atomic mass is 9.99. The molecule has 0 aromatic heterocycles. The number of unbranched alkanes of at least 4 members (excludes halogenated alkanes) is 27. The van der Waals surface area contributed by atoms with Gasteiger partial charge in [0.05, 0.1) is 25.4 Å². The number of amides is 1. The molecule has 1 fully saturated rings. The molecule has 1 heterocycles. The Labute approximate surface area is 343 Å². The lowest BCUT2D eigenvalue weighted by Crippen LogP contribution is -2.60. The standard InChI is InChI=1S/C47H89NO8/c1-3-5-7-9-11-13-15-17-18-19-20-21-22-23-25-26-28-30-32-34-36-41(50)40(39-55-47-46(54)45(53)44(52)42(38-49)56-47)48-43(51)37-35-33-31-29-27-24-16-14-12-10-8-6-4-2/h26,28,34,36,40-42,44-47,49-50,52-54H,3-25,27,29-33,35,37-39H2,1-2H3,(H,48,51)/b28-26+,36-34+. The third-order valence-electron chi connectivity index (χ3n) is 11.3. The Balaban J connectivity index is 2.36. The molecule has 1 amide bonds. The zero-order valence-corrected chi connectivity index (χ0v) is 36.1. The number of hydrogen-bond donors (Lipinski definition) is 6. The number of nitrogens with one attached hydrogen (secondary N) is 1. The fourth-order valence-corrected chi connectivity index (χ4v) is 7.47. The fourth-order valence-electron chi connectivity index (χ4n) is 7.47. The van der Waals surface area contributed by atoms with E-state index in [-0.39, 0.29) is 12.5 Å². The van der Waals surface area contributed by atoms with Crippen molar-refractivity contribution in [1.82, 2.24) is 5.32 Å². The van der Waals surface area contributed by atoms with Gasteiger partial charge >= 0.3 is 0 Å². The lowest BCUT2D eigenvalue weighted by Gasteiger charge is -2.40. The number of hydrogen-bond acceptors (Lipinski definition) is 8. The molecule has 7 atom stereocenters. The molecule has 9 heteroatoms. The van der Waals surface area contributed by atoms with Gasteiger partial charge < -0.3 is 40.3 Å². The maximum absolute atomic E-state index is 12.9. The molecule has 0 aliphatic carbocycles. The Morgan fingerprint density at radius 2 is 1.02 bits per heavy atom. The maximum Gasteiger partial charge on any atom is 0.220 e. The zero-order valence-electron chi connectivity index (χ0n) is 36.1. The molecule has 6 N–H and O–H groups in total. The van der Waals surface area contributed by atoms with Crippen LogP contribution in [0.3, 0.4) is 0 Å². The predicted molar refractivity (Wildman–Crippen MR) is 230 cm³/mol. The molecule has 0 radical (unpaired) electrons. The van der Waals surface area contributed by atoms with Crippen LogP contribution >= 0.6 is 0 Å². The molecule has 0 spiro atoms. The van der Waals surface area contributed by atoms with Crippen molar-refractivity contribution in [2.75, 3.05) is 13.2 Å². The highest BCUT2D eigenvalue weighted by atomic mass is 16.7. The van der Waals surface area contributed by atoms with Crippen LogP contribution in [0.5, 0.6) is 0 Å². The summed E-state index contributed by atoms with van der Waals surface area (Å²) < 4.78 is 11.2. The van der Waals surface area contributed by atoms with E-state index in [1.807, 2.05) is 6.08 Å². The van der Waals surface area contributed by atoms with Crippen molar-refractivity contribution in [3.63, 3.8) is 0 Å². The Kier molecular flexibility index (Phi) is 35.7. The summed E-state index contributed by atoms with van der Waals surface area (Å²) in [7, 11) is 0. The van der Waals surface area contributed by atoms with Gasteiger partial charge in [0.15, 0.2) is 6.29 Å². The first-order chi connectivity index (χ1) is 27.3. The summed E-state index contributed by atoms with van der Waals surface area (Å²) in [5, 5.41) is 54.2. The van der Waals surface area contributed by atoms with Crippen molar-refractivity contribution in [3.8, 4) is 0 Å². The third kappa shape index (κ3) is 28.2. The number of allylic oxidation sites excluding steroid dienone is 3. The Hall–Kier alpha value is -1.33. The van der Waals surface area contributed by atoms with E-state index in [1.165, 1.54) is 154 Å². The summed E-state index contributed by atoms with van der Waals surface area (Å²) in [4.78, 5) is 12.9. The van der Waals surface area contributed by atoms with Crippen LogP contribution in [0.4, 0.5) is 0 Å². The smallest absolute Gasteiger partial charge is 0.220 e. The van der Waals surface area contributed by atoms with Crippen LogP contribution in [0.1, 0.15) is 213 Å². The maximum atomic E-state index is 12.9. The van der Waals surface area contributed by atoms with E-state index in [0.29, 0.717) is 6.42 Å². The van der Waals surface area contributed by atoms with Crippen molar-refractivity contribution < 1.29 is 39.8 Å². The Morgan fingerprint density at radius 3 is 1.50 bits per heavy atom. The molecule has 0 aromatic carbocycles. The van der Waals surface area contributed by atoms with Gasteiger partial charge in [-0.3, -0.25) is 4.79 Å². The molecule has 7 unspecified atom stereocenters. The third-order valence-corrected chi connectivity index (χ3v) is 11.3. The average molecular weight is 796 g/mol. The van der Waals surface area contributed by atoms with Crippen LogP contribution in [-0.4, -0.2) is 87.5 Å². The summed E-state index contributed by atoms with van der Waals surface area (Å²) in [5.41, 5.74) is 0. The summed E-state index contributed by atoms with van der Waals surface area (Å²) in [5.74, 6) is -0.186. The minimum Gasteiger partial charge on any atom is -0.394 e. The molecular formula is C47H89NO8. The van der Waals surface area contributed by atoms with Crippen LogP contribution in [0, 0.1) is 0 Å². The average Bonchev–Trinajstić information content (AvgIpc) is 3.20. The number of carbonyl (C=O) groups excluding carboxylic acids is 1. The van der Waals surface area contributed by atoms with Gasteiger partial charge in [-0.05, 0) is 32.1 Å². The minimum absolute atomic E-state index is 0.186. The number of aliphatic hydroxyl groups excluding tert-OH is 5. The number of ether oxygens (including phenoxy) is 2. The first-order valence-electron chi connectivity index (χ1n) is 23.6. The van der Waals surface area contributed by atoms with Crippen LogP contribution in [-0.2, 0) is 14.3 Å². The molecule has 1 rings (SSSR count). The van der Waals surface area contributed by atoms with E-state index in [2.05, 4.69) is 31.3 Å². The van der Waals surface area contributed by atoms with Gasteiger partial charge in [-0.2, -0.15) is 0 Å². The van der Waals surface area contributed by atoms with Gasteiger partial charge in [-0.15, -0.1) is 0 Å². The highest BCUT2D eigenvalue weighted by Crippen LogP contribution is 2.23. The van der Waals surface area contributed by atoms with Gasteiger partial charge in [0.1, 0.15) is 24.4 Å². The lowest BCUT2D eigenvalue weighted by molar-refractivity contribution is -0.302. The normalized spacial score (nSPS) is 21.3. The minimum atomic E-state index is -1.57. The Morgan fingerprint density at radius 1 is 0.589 bits per heavy atom. The molecular weight excluding hydrogens is 707 g/mol. The van der Waals surface area contributed by atoms with Crippen molar-refractivity contribution >= 4 is 5.91 Å². The first-order valence-corrected chi connectivity index (χ1v) is 23.6. The van der Waals surface area contributed by atoms with Gasteiger partial charge in [0.25, 0.3) is 0 Å². The van der Waals surface area contributed by atoms with Gasteiger partial charge in [0, 0.05) is 6.42 Å². The second kappa shape index (κ2) is 37.9. The van der Waals surface area contributed by atoms with Crippen LogP contribution in [0.15, 0.2) is 24.3 Å². The number of aliphatic hydroxyl groups is 5. The van der Waals surface area contributed by atoms with Crippen LogP contribution in [0.2, 0.25) is 0 Å². The second-order valence-corrected chi connectivity index (χ2v) is 16.5. The summed E-state index contributed by atoms with van der Waals surface area (Å²) in [6.07, 6.45) is 38.0. The molecule has 1 saturated heterocycles. The van der Waals surface area contributed by atoms with Gasteiger partial charge in [-0.25, -0.2) is 0 Å². The van der Waals surface area contributed by atoms with Gasteiger partial charge in [-0.1, -0.05) is 199 Å². The quantitative estimate of drug-likeness (QED) is 0.0266. The summed E-state index contributed by atoms with van der Waals surface area (Å²) in [6.45, 7) is 3.76. The van der Waals surface area contributed by atoms with E-state index in [9.17, 15) is 30.3 Å².